The Hall–Kier alpha value is -2.26. The van der Waals surface area contributed by atoms with Gasteiger partial charge in [-0.25, -0.2) is 8.42 Å². The van der Waals surface area contributed by atoms with Gasteiger partial charge in [0.15, 0.2) is 5.82 Å². The van der Waals surface area contributed by atoms with E-state index in [1.807, 2.05) is 27.7 Å². The molecule has 31 heavy (non-hydrogen) atoms. The maximum Gasteiger partial charge on any atom is 0.249 e. The second-order valence-corrected chi connectivity index (χ2v) is 10.2. The molecule has 1 aliphatic rings. The Labute approximate surface area is 184 Å². The minimum absolute atomic E-state index is 0.107. The fraction of sp³-hybridized carbons (Fsp3) is 0.591. The van der Waals surface area contributed by atoms with Crippen molar-refractivity contribution in [3.8, 4) is 0 Å². The van der Waals surface area contributed by atoms with Crippen LogP contribution in [0.1, 0.15) is 76.2 Å². The Bertz CT molecular complexity index is 977. The van der Waals surface area contributed by atoms with E-state index in [0.29, 0.717) is 31.3 Å². The molecule has 3 rings (SSSR count). The van der Waals surface area contributed by atoms with Crippen molar-refractivity contribution < 1.29 is 17.7 Å². The summed E-state index contributed by atoms with van der Waals surface area (Å²) in [6.45, 7) is 8.50. The van der Waals surface area contributed by atoms with Crippen molar-refractivity contribution in [1.29, 1.82) is 0 Å². The number of carbonyl (C=O) groups is 1. The van der Waals surface area contributed by atoms with Gasteiger partial charge in [0.05, 0.1) is 4.90 Å². The van der Waals surface area contributed by atoms with Crippen LogP contribution in [0.25, 0.3) is 0 Å². The van der Waals surface area contributed by atoms with Crippen molar-refractivity contribution in [1.82, 2.24) is 19.8 Å². The molecule has 1 heterocycles. The Kier molecular flexibility index (Phi) is 7.48. The Morgan fingerprint density at radius 1 is 1.19 bits per heavy atom. The normalized spacial score (nSPS) is 15.4. The number of nitrogens with zero attached hydrogens (tertiary/aromatic N) is 3. The second-order valence-electron chi connectivity index (χ2n) is 8.29. The standard InChI is InChI=1S/C22H32N4O4S/c1-5-26(6-2)31(28,29)18-12-7-16(8-13-18)9-14-19(27)23-20(15(3)4)22-24-21(25-30-22)17-10-11-17/h7-8,12-13,15,17,20H,5-6,9-11,14H2,1-4H3,(H,23,27). The minimum Gasteiger partial charge on any atom is -0.344 e. The summed E-state index contributed by atoms with van der Waals surface area (Å²) in [5.74, 6) is 1.59. The molecule has 1 N–H and O–H groups in total. The summed E-state index contributed by atoms with van der Waals surface area (Å²) in [6, 6.07) is 6.42. The molecule has 0 spiro atoms. The average molecular weight is 449 g/mol. The van der Waals surface area contributed by atoms with Crippen LogP contribution in [0.5, 0.6) is 0 Å². The van der Waals surface area contributed by atoms with Crippen LogP contribution in [0.3, 0.4) is 0 Å². The molecular weight excluding hydrogens is 416 g/mol. The van der Waals surface area contributed by atoms with Crippen molar-refractivity contribution in [3.63, 3.8) is 0 Å². The highest BCUT2D eigenvalue weighted by atomic mass is 32.2. The van der Waals surface area contributed by atoms with Gasteiger partial charge in [-0.2, -0.15) is 9.29 Å². The topological polar surface area (TPSA) is 105 Å². The number of amides is 1. The number of rotatable bonds is 11. The fourth-order valence-electron chi connectivity index (χ4n) is 3.44. The molecule has 1 unspecified atom stereocenters. The van der Waals surface area contributed by atoms with E-state index in [9.17, 15) is 13.2 Å². The van der Waals surface area contributed by atoms with E-state index in [1.165, 1.54) is 4.31 Å². The zero-order valence-electron chi connectivity index (χ0n) is 18.7. The SMILES string of the molecule is CCN(CC)S(=O)(=O)c1ccc(CCC(=O)NC(c2nc(C3CC3)no2)C(C)C)cc1. The summed E-state index contributed by atoms with van der Waals surface area (Å²) in [5.41, 5.74) is 0.906. The van der Waals surface area contributed by atoms with Gasteiger partial charge in [0.2, 0.25) is 21.8 Å². The van der Waals surface area contributed by atoms with E-state index in [-0.39, 0.29) is 29.2 Å². The molecule has 0 radical (unpaired) electrons. The van der Waals surface area contributed by atoms with Gasteiger partial charge in [0, 0.05) is 25.4 Å². The number of sulfonamides is 1. The molecule has 1 aliphatic carbocycles. The van der Waals surface area contributed by atoms with Crippen LogP contribution in [0.15, 0.2) is 33.7 Å². The molecule has 1 fully saturated rings. The highest BCUT2D eigenvalue weighted by Gasteiger charge is 2.31. The van der Waals surface area contributed by atoms with E-state index in [2.05, 4.69) is 15.5 Å². The molecular formula is C22H32N4O4S. The monoisotopic (exact) mass is 448 g/mol. The van der Waals surface area contributed by atoms with E-state index < -0.39 is 10.0 Å². The predicted octanol–water partition coefficient (Wildman–Crippen LogP) is 3.42. The lowest BCUT2D eigenvalue weighted by Gasteiger charge is -2.19. The number of aromatic nitrogens is 2. The molecule has 1 aromatic carbocycles. The quantitative estimate of drug-likeness (QED) is 0.565. The Morgan fingerprint density at radius 3 is 2.39 bits per heavy atom. The summed E-state index contributed by atoms with van der Waals surface area (Å²) in [4.78, 5) is 17.3. The zero-order valence-corrected chi connectivity index (χ0v) is 19.5. The Balaban J connectivity index is 1.58. The highest BCUT2D eigenvalue weighted by molar-refractivity contribution is 7.89. The van der Waals surface area contributed by atoms with Crippen LogP contribution in [-0.2, 0) is 21.2 Å². The van der Waals surface area contributed by atoms with Gasteiger partial charge < -0.3 is 9.84 Å². The Morgan fingerprint density at radius 2 is 1.84 bits per heavy atom. The number of benzene rings is 1. The maximum atomic E-state index is 12.6. The average Bonchev–Trinajstić information content (AvgIpc) is 3.48. The highest BCUT2D eigenvalue weighted by Crippen LogP contribution is 2.38. The van der Waals surface area contributed by atoms with Crippen LogP contribution in [0.4, 0.5) is 0 Å². The molecule has 1 aromatic heterocycles. The molecule has 170 valence electrons. The fourth-order valence-corrected chi connectivity index (χ4v) is 4.90. The third-order valence-corrected chi connectivity index (χ3v) is 7.62. The van der Waals surface area contributed by atoms with Gasteiger partial charge >= 0.3 is 0 Å². The lowest BCUT2D eigenvalue weighted by Crippen LogP contribution is -2.32. The number of nitrogens with one attached hydrogen (secondary N) is 1. The van der Waals surface area contributed by atoms with E-state index in [1.54, 1.807) is 24.3 Å². The van der Waals surface area contributed by atoms with Crippen molar-refractivity contribution in [3.05, 3.63) is 41.5 Å². The smallest absolute Gasteiger partial charge is 0.249 e. The van der Waals surface area contributed by atoms with Gasteiger partial charge in [-0.1, -0.05) is 45.0 Å². The number of aryl methyl sites for hydroxylation is 1. The summed E-state index contributed by atoms with van der Waals surface area (Å²) in [7, 11) is -3.47. The summed E-state index contributed by atoms with van der Waals surface area (Å²) >= 11 is 0. The molecule has 1 saturated carbocycles. The lowest BCUT2D eigenvalue weighted by atomic mass is 10.0. The van der Waals surface area contributed by atoms with E-state index in [0.717, 1.165) is 24.2 Å². The molecule has 0 aliphatic heterocycles. The van der Waals surface area contributed by atoms with Crippen LogP contribution >= 0.6 is 0 Å². The van der Waals surface area contributed by atoms with Gasteiger partial charge in [0.1, 0.15) is 6.04 Å². The molecule has 0 bridgehead atoms. The first-order chi connectivity index (χ1) is 14.8. The third kappa shape index (κ3) is 5.71. The largest absolute Gasteiger partial charge is 0.344 e. The first-order valence-electron chi connectivity index (χ1n) is 11.0. The van der Waals surface area contributed by atoms with Crippen molar-refractivity contribution in [2.24, 2.45) is 5.92 Å². The van der Waals surface area contributed by atoms with E-state index in [4.69, 9.17) is 4.52 Å². The summed E-state index contributed by atoms with van der Waals surface area (Å²) < 4.78 is 32.0. The summed E-state index contributed by atoms with van der Waals surface area (Å²) in [6.07, 6.45) is 2.98. The molecule has 1 atom stereocenters. The van der Waals surface area contributed by atoms with Crippen LogP contribution in [0.2, 0.25) is 0 Å². The van der Waals surface area contributed by atoms with Crippen molar-refractivity contribution >= 4 is 15.9 Å². The number of hydrogen-bond acceptors (Lipinski definition) is 6. The molecule has 0 saturated heterocycles. The number of hydrogen-bond donors (Lipinski definition) is 1. The van der Waals surface area contributed by atoms with Gasteiger partial charge in [-0.3, -0.25) is 4.79 Å². The summed E-state index contributed by atoms with van der Waals surface area (Å²) in [5, 5.41) is 7.05. The van der Waals surface area contributed by atoms with Crippen LogP contribution in [0, 0.1) is 5.92 Å². The first-order valence-corrected chi connectivity index (χ1v) is 12.4. The second kappa shape index (κ2) is 9.91. The van der Waals surface area contributed by atoms with Crippen molar-refractivity contribution in [2.45, 2.75) is 70.2 Å². The third-order valence-electron chi connectivity index (χ3n) is 5.56. The van der Waals surface area contributed by atoms with Crippen LogP contribution < -0.4 is 5.32 Å². The molecule has 1 amide bonds. The van der Waals surface area contributed by atoms with Gasteiger partial charge in [-0.05, 0) is 42.9 Å². The van der Waals surface area contributed by atoms with Crippen molar-refractivity contribution in [2.75, 3.05) is 13.1 Å². The van der Waals surface area contributed by atoms with Gasteiger partial charge in [-0.15, -0.1) is 0 Å². The predicted molar refractivity (Wildman–Crippen MR) is 117 cm³/mol. The zero-order chi connectivity index (χ0) is 22.6. The minimum atomic E-state index is -3.47. The molecule has 9 heteroatoms. The molecule has 2 aromatic rings. The van der Waals surface area contributed by atoms with E-state index >= 15 is 0 Å². The first kappa shape index (κ1) is 23.4. The maximum absolute atomic E-state index is 12.6. The van der Waals surface area contributed by atoms with Crippen LogP contribution in [-0.4, -0.2) is 41.9 Å². The number of carbonyl (C=O) groups excluding carboxylic acids is 1. The lowest BCUT2D eigenvalue weighted by molar-refractivity contribution is -0.122. The van der Waals surface area contributed by atoms with Gasteiger partial charge in [0.25, 0.3) is 0 Å². The molecule has 8 nitrogen and oxygen atoms in total.